The minimum absolute atomic E-state index is 0.00557. The normalized spacial score (nSPS) is 11.1. The Morgan fingerprint density at radius 2 is 1.96 bits per heavy atom. The van der Waals surface area contributed by atoms with Crippen LogP contribution in [0.1, 0.15) is 37.8 Å². The first-order valence-electron chi connectivity index (χ1n) is 8.27. The molecule has 0 spiro atoms. The van der Waals surface area contributed by atoms with Crippen LogP contribution in [-0.2, 0) is 4.74 Å². The summed E-state index contributed by atoms with van der Waals surface area (Å²) in [5.41, 5.74) is 3.68. The van der Waals surface area contributed by atoms with Crippen LogP contribution in [0.15, 0.2) is 41.3 Å². The summed E-state index contributed by atoms with van der Waals surface area (Å²) in [5, 5.41) is 14.9. The molecule has 0 saturated heterocycles. The molecule has 0 unspecified atom stereocenters. The third-order valence-corrected chi connectivity index (χ3v) is 4.78. The van der Waals surface area contributed by atoms with Crippen molar-refractivity contribution in [2.24, 2.45) is 0 Å². The van der Waals surface area contributed by atoms with Gasteiger partial charge in [-0.05, 0) is 61.8 Å². The van der Waals surface area contributed by atoms with Crippen molar-refractivity contribution in [3.8, 4) is 11.8 Å². The highest BCUT2D eigenvalue weighted by Gasteiger charge is 2.20. The summed E-state index contributed by atoms with van der Waals surface area (Å²) < 4.78 is 10.3. The molecule has 1 aromatic carbocycles. The van der Waals surface area contributed by atoms with E-state index in [0.717, 1.165) is 22.9 Å². The van der Waals surface area contributed by atoms with E-state index >= 15 is 0 Å². The zero-order chi connectivity index (χ0) is 20.3. The van der Waals surface area contributed by atoms with E-state index in [9.17, 15) is 14.9 Å². The Kier molecular flexibility index (Phi) is 5.47. The van der Waals surface area contributed by atoms with E-state index in [0.29, 0.717) is 22.5 Å². The number of nitrogens with zero attached hydrogens (tertiary/aromatic N) is 4. The molecule has 0 aliphatic heterocycles. The molecule has 8 heteroatoms. The molecule has 0 bridgehead atoms. The number of carbonyl (C=O) groups excluding carboxylic acids is 2. The molecule has 0 atom stereocenters. The Morgan fingerprint density at radius 3 is 2.54 bits per heavy atom. The number of methoxy groups -OCH3 is 1. The van der Waals surface area contributed by atoms with Crippen molar-refractivity contribution in [3.05, 3.63) is 69.5 Å². The van der Waals surface area contributed by atoms with E-state index in [1.165, 1.54) is 13.2 Å². The molecule has 140 valence electrons. The molecule has 28 heavy (non-hydrogen) atoms. The Labute approximate surface area is 165 Å². The predicted octanol–water partition coefficient (Wildman–Crippen LogP) is 3.52. The molecule has 0 fully saturated rings. The van der Waals surface area contributed by atoms with Crippen LogP contribution in [-0.4, -0.2) is 33.0 Å². The number of rotatable bonds is 5. The number of nitriles is 1. The highest BCUT2D eigenvalue weighted by Crippen LogP contribution is 2.24. The van der Waals surface area contributed by atoms with Crippen LogP contribution < -0.4 is 0 Å². The topological polar surface area (TPSA) is 97.9 Å². The minimum Gasteiger partial charge on any atom is -0.465 e. The number of hydrogen-bond donors (Lipinski definition) is 0. The van der Waals surface area contributed by atoms with E-state index in [-0.39, 0.29) is 11.4 Å². The number of Topliss-reactive ketones (excluding diaryl/α,β-unsaturated/α-hetero) is 1. The fourth-order valence-electron chi connectivity index (χ4n) is 2.93. The van der Waals surface area contributed by atoms with Gasteiger partial charge < -0.3 is 9.30 Å². The lowest BCUT2D eigenvalue weighted by atomic mass is 10.0. The average molecular weight is 392 g/mol. The number of hydrogen-bond acceptors (Lipinski definition) is 7. The molecule has 0 aliphatic rings. The first-order chi connectivity index (χ1) is 13.5. The van der Waals surface area contributed by atoms with Gasteiger partial charge in [0.15, 0.2) is 0 Å². The van der Waals surface area contributed by atoms with Crippen molar-refractivity contribution >= 4 is 29.4 Å². The number of allylic oxidation sites excluding steroid dienone is 1. The van der Waals surface area contributed by atoms with Crippen LogP contribution in [0.5, 0.6) is 0 Å². The Hall–Kier alpha value is -3.57. The van der Waals surface area contributed by atoms with Gasteiger partial charge in [-0.3, -0.25) is 4.79 Å². The Balaban J connectivity index is 1.99. The summed E-state index contributed by atoms with van der Waals surface area (Å²) in [5.74, 6) is -0.787. The van der Waals surface area contributed by atoms with E-state index in [1.54, 1.807) is 35.7 Å². The number of esters is 1. The maximum absolute atomic E-state index is 12.9. The lowest BCUT2D eigenvalue weighted by Crippen LogP contribution is -2.06. The van der Waals surface area contributed by atoms with Crippen LogP contribution in [0.4, 0.5) is 0 Å². The van der Waals surface area contributed by atoms with Crippen LogP contribution in [0.25, 0.3) is 11.8 Å². The second-order valence-corrected chi connectivity index (χ2v) is 6.60. The molecule has 2 heterocycles. The van der Waals surface area contributed by atoms with Crippen molar-refractivity contribution in [1.29, 1.82) is 5.26 Å². The van der Waals surface area contributed by atoms with E-state index in [2.05, 4.69) is 9.59 Å². The summed E-state index contributed by atoms with van der Waals surface area (Å²) >= 11 is 1.15. The van der Waals surface area contributed by atoms with Crippen molar-refractivity contribution in [1.82, 2.24) is 14.2 Å². The molecule has 0 radical (unpaired) electrons. The molecule has 2 aromatic heterocycles. The monoisotopic (exact) mass is 392 g/mol. The maximum atomic E-state index is 12.9. The predicted molar refractivity (Wildman–Crippen MR) is 104 cm³/mol. The summed E-state index contributed by atoms with van der Waals surface area (Å²) in [6.07, 6.45) is 1.43. The summed E-state index contributed by atoms with van der Waals surface area (Å²) in [7, 11) is 1.33. The standard InChI is InChI=1S/C20H16N4O3S/c1-12-8-18(19(25)15(10-21)9-16-11-28-23-22-16)13(2)24(12)17-6-4-14(5-7-17)20(26)27-3/h4-9,11H,1-3H3. The number of ketones is 1. The largest absolute Gasteiger partial charge is 0.465 e. The lowest BCUT2D eigenvalue weighted by Gasteiger charge is -2.10. The Morgan fingerprint density at radius 1 is 1.25 bits per heavy atom. The molecule has 0 aliphatic carbocycles. The zero-order valence-corrected chi connectivity index (χ0v) is 16.3. The van der Waals surface area contributed by atoms with Gasteiger partial charge in [0.25, 0.3) is 0 Å². The molecule has 0 saturated carbocycles. The second kappa shape index (κ2) is 7.98. The first-order valence-corrected chi connectivity index (χ1v) is 9.11. The number of benzene rings is 1. The summed E-state index contributed by atoms with van der Waals surface area (Å²) in [4.78, 5) is 24.5. The highest BCUT2D eigenvalue weighted by atomic mass is 32.1. The van der Waals surface area contributed by atoms with Crippen LogP contribution >= 0.6 is 11.5 Å². The van der Waals surface area contributed by atoms with Crippen LogP contribution in [0.3, 0.4) is 0 Å². The molecule has 3 aromatic rings. The quantitative estimate of drug-likeness (QED) is 0.285. The fourth-order valence-corrected chi connectivity index (χ4v) is 3.34. The smallest absolute Gasteiger partial charge is 0.337 e. The number of aromatic nitrogens is 3. The van der Waals surface area contributed by atoms with Gasteiger partial charge in [-0.25, -0.2) is 4.79 Å². The van der Waals surface area contributed by atoms with Gasteiger partial charge in [0.2, 0.25) is 5.78 Å². The minimum atomic E-state index is -0.413. The van der Waals surface area contributed by atoms with Crippen LogP contribution in [0, 0.1) is 25.2 Å². The van der Waals surface area contributed by atoms with E-state index in [4.69, 9.17) is 4.74 Å². The van der Waals surface area contributed by atoms with Gasteiger partial charge in [0, 0.05) is 28.0 Å². The van der Waals surface area contributed by atoms with Gasteiger partial charge in [-0.15, -0.1) is 5.10 Å². The van der Waals surface area contributed by atoms with Crippen molar-refractivity contribution in [2.75, 3.05) is 7.11 Å². The molecular weight excluding hydrogens is 376 g/mol. The fraction of sp³-hybridized carbons (Fsp3) is 0.150. The van der Waals surface area contributed by atoms with E-state index in [1.807, 2.05) is 24.5 Å². The summed E-state index contributed by atoms with van der Waals surface area (Å²) in [6, 6.07) is 10.6. The third kappa shape index (κ3) is 3.61. The SMILES string of the molecule is COC(=O)c1ccc(-n2c(C)cc(C(=O)C(C#N)=Cc3csnn3)c2C)cc1. The van der Waals surface area contributed by atoms with Gasteiger partial charge >= 0.3 is 5.97 Å². The molecule has 3 rings (SSSR count). The first kappa shape index (κ1) is 19.2. The second-order valence-electron chi connectivity index (χ2n) is 5.99. The molecule has 0 amide bonds. The lowest BCUT2D eigenvalue weighted by molar-refractivity contribution is 0.0600. The van der Waals surface area contributed by atoms with Gasteiger partial charge in [-0.2, -0.15) is 5.26 Å². The van der Waals surface area contributed by atoms with Gasteiger partial charge in [-0.1, -0.05) is 4.49 Å². The van der Waals surface area contributed by atoms with Crippen molar-refractivity contribution < 1.29 is 14.3 Å². The third-order valence-electron chi connectivity index (χ3n) is 4.26. The van der Waals surface area contributed by atoms with Crippen LogP contribution in [0.2, 0.25) is 0 Å². The average Bonchev–Trinajstić information content (AvgIpc) is 3.32. The molecule has 0 N–H and O–H groups in total. The van der Waals surface area contributed by atoms with E-state index < -0.39 is 5.97 Å². The van der Waals surface area contributed by atoms with Gasteiger partial charge in [0.05, 0.1) is 18.4 Å². The highest BCUT2D eigenvalue weighted by molar-refractivity contribution is 7.03. The zero-order valence-electron chi connectivity index (χ0n) is 15.5. The number of aryl methyl sites for hydroxylation is 1. The van der Waals surface area contributed by atoms with Crippen molar-refractivity contribution in [3.63, 3.8) is 0 Å². The Bertz CT molecular complexity index is 1100. The van der Waals surface area contributed by atoms with Crippen molar-refractivity contribution in [2.45, 2.75) is 13.8 Å². The number of carbonyl (C=O) groups is 2. The molecular formula is C20H16N4O3S. The number of ether oxygens (including phenoxy) is 1. The van der Waals surface area contributed by atoms with Gasteiger partial charge in [0.1, 0.15) is 11.6 Å². The summed E-state index contributed by atoms with van der Waals surface area (Å²) in [6.45, 7) is 3.69. The maximum Gasteiger partial charge on any atom is 0.337 e. The molecule has 7 nitrogen and oxygen atoms in total.